The second-order valence-corrected chi connectivity index (χ2v) is 14.4. The van der Waals surface area contributed by atoms with E-state index in [0.717, 1.165) is 45.0 Å². The van der Waals surface area contributed by atoms with Crippen LogP contribution >= 0.6 is 12.6 Å². The lowest BCUT2D eigenvalue weighted by atomic mass is 9.91. The molecule has 4 aliphatic rings. The largest absolute Gasteiger partial charge is 0.493 e. The molecule has 6 rings (SSSR count). The van der Waals surface area contributed by atoms with Crippen molar-refractivity contribution in [3.8, 4) is 11.5 Å². The summed E-state index contributed by atoms with van der Waals surface area (Å²) in [5.74, 6) is -1.05. The van der Waals surface area contributed by atoms with Gasteiger partial charge in [-0.2, -0.15) is 12.6 Å². The molecule has 0 radical (unpaired) electrons. The third-order valence-corrected chi connectivity index (χ3v) is 10.2. The molecular formula is C39H49F2N5O7S. The molecule has 0 saturated carbocycles. The zero-order chi connectivity index (χ0) is 38.4. The van der Waals surface area contributed by atoms with E-state index in [-0.39, 0.29) is 47.1 Å². The fourth-order valence-corrected chi connectivity index (χ4v) is 7.17. The number of allylic oxidation sites excluding steroid dienone is 4. The third-order valence-electron chi connectivity index (χ3n) is 9.88. The van der Waals surface area contributed by atoms with Crippen molar-refractivity contribution < 1.29 is 37.3 Å². The average Bonchev–Trinajstić information content (AvgIpc) is 3.15. The number of carbonyl (C=O) groups is 1. The highest BCUT2D eigenvalue weighted by Gasteiger charge is 2.40. The summed E-state index contributed by atoms with van der Waals surface area (Å²) in [6, 6.07) is 5.39. The molecule has 4 atom stereocenters. The molecule has 0 bridgehead atoms. The number of nitrogens with two attached hydrogens (primary N) is 2. The number of alkyl halides is 1. The van der Waals surface area contributed by atoms with Crippen LogP contribution in [0.5, 0.6) is 11.5 Å². The first-order valence-electron chi connectivity index (χ1n) is 18.4. The van der Waals surface area contributed by atoms with Crippen molar-refractivity contribution in [2.45, 2.75) is 69.6 Å². The van der Waals surface area contributed by atoms with E-state index in [4.69, 9.17) is 35.2 Å². The summed E-state index contributed by atoms with van der Waals surface area (Å²) in [6.07, 6.45) is 7.49. The predicted molar refractivity (Wildman–Crippen MR) is 205 cm³/mol. The van der Waals surface area contributed by atoms with Gasteiger partial charge in [0.25, 0.3) is 11.5 Å². The highest BCUT2D eigenvalue weighted by Crippen LogP contribution is 2.35. The number of piperidine rings is 1. The number of pyridine rings is 1. The van der Waals surface area contributed by atoms with Crippen molar-refractivity contribution in [3.05, 3.63) is 93.5 Å². The lowest BCUT2D eigenvalue weighted by Gasteiger charge is -2.38. The Balaban J connectivity index is 1.13. The van der Waals surface area contributed by atoms with Crippen molar-refractivity contribution in [1.82, 2.24) is 9.47 Å². The summed E-state index contributed by atoms with van der Waals surface area (Å²) in [6.45, 7) is 8.02. The molecule has 1 aromatic heterocycles. The number of fused-ring (bicyclic) bond motifs is 1. The molecule has 2 aliphatic heterocycles. The van der Waals surface area contributed by atoms with E-state index in [2.05, 4.69) is 29.8 Å². The number of halogens is 2. The lowest BCUT2D eigenvalue weighted by molar-refractivity contribution is -0.104. The Kier molecular flexibility index (Phi) is 12.8. The number of likely N-dealkylation sites (tertiary alicyclic amines) is 1. The van der Waals surface area contributed by atoms with Gasteiger partial charge in [0.05, 0.1) is 18.8 Å². The van der Waals surface area contributed by atoms with Crippen LogP contribution in [-0.4, -0.2) is 97.2 Å². The van der Waals surface area contributed by atoms with E-state index in [1.54, 1.807) is 19.1 Å². The molecule has 3 heterocycles. The maximum absolute atomic E-state index is 15.6. The summed E-state index contributed by atoms with van der Waals surface area (Å²) >= 11 is 4.50. The topological polar surface area (TPSA) is 153 Å². The number of rotatable bonds is 14. The van der Waals surface area contributed by atoms with Crippen LogP contribution in [0.25, 0.3) is 5.70 Å². The monoisotopic (exact) mass is 769 g/mol. The number of amides is 1. The zero-order valence-electron chi connectivity index (χ0n) is 30.6. The highest BCUT2D eigenvalue weighted by atomic mass is 32.1. The van der Waals surface area contributed by atoms with Gasteiger partial charge in [0.2, 0.25) is 0 Å². The molecule has 2 aromatic rings. The Morgan fingerprint density at radius 3 is 2.70 bits per heavy atom. The van der Waals surface area contributed by atoms with Gasteiger partial charge >= 0.3 is 0 Å². The van der Waals surface area contributed by atoms with Gasteiger partial charge in [0.1, 0.15) is 48.2 Å². The molecule has 292 valence electrons. The minimum Gasteiger partial charge on any atom is -0.493 e. The maximum Gasteiger partial charge on any atom is 0.271 e. The number of hydrogen-bond acceptors (Lipinski definition) is 11. The number of nitrogens with one attached hydrogen (secondary N) is 1. The minimum absolute atomic E-state index is 0.0575. The van der Waals surface area contributed by atoms with Crippen LogP contribution in [0.2, 0.25) is 0 Å². The van der Waals surface area contributed by atoms with E-state index >= 15 is 4.39 Å². The Labute approximate surface area is 319 Å². The van der Waals surface area contributed by atoms with Crippen LogP contribution in [0, 0.1) is 5.82 Å². The van der Waals surface area contributed by atoms with Crippen LogP contribution in [0.3, 0.4) is 0 Å². The fourth-order valence-electron chi connectivity index (χ4n) is 6.91. The molecule has 0 spiro atoms. The zero-order valence-corrected chi connectivity index (χ0v) is 31.5. The van der Waals surface area contributed by atoms with E-state index in [1.165, 1.54) is 41.1 Å². The molecule has 4 unspecified atom stereocenters. The number of benzene rings is 1. The molecule has 2 aliphatic carbocycles. The van der Waals surface area contributed by atoms with Gasteiger partial charge in [-0.25, -0.2) is 8.78 Å². The number of hydrogen-bond donors (Lipinski definition) is 4. The van der Waals surface area contributed by atoms with E-state index in [0.29, 0.717) is 42.5 Å². The van der Waals surface area contributed by atoms with Crippen LogP contribution in [0.1, 0.15) is 49.9 Å². The van der Waals surface area contributed by atoms with E-state index in [9.17, 15) is 14.0 Å². The van der Waals surface area contributed by atoms with Gasteiger partial charge in [-0.1, -0.05) is 6.08 Å². The maximum atomic E-state index is 15.6. The van der Waals surface area contributed by atoms with Crippen molar-refractivity contribution in [1.29, 1.82) is 0 Å². The second-order valence-electron chi connectivity index (χ2n) is 14.0. The first-order chi connectivity index (χ1) is 26.0. The number of anilines is 1. The fraction of sp³-hybridized carbons (Fsp3) is 0.487. The molecule has 12 nitrogen and oxygen atoms in total. The molecule has 2 saturated heterocycles. The molecular weight excluding hydrogens is 721 g/mol. The summed E-state index contributed by atoms with van der Waals surface area (Å²) in [5, 5.41) is 2.59. The molecule has 2 fully saturated rings. The average molecular weight is 770 g/mol. The molecule has 1 amide bonds. The number of nitrogens with zero attached hydrogens (tertiary/aromatic N) is 2. The molecule has 54 heavy (non-hydrogen) atoms. The highest BCUT2D eigenvalue weighted by molar-refractivity contribution is 7.80. The van der Waals surface area contributed by atoms with Crippen molar-refractivity contribution in [2.24, 2.45) is 11.5 Å². The lowest BCUT2D eigenvalue weighted by Crippen LogP contribution is -2.48. The number of thiol groups is 1. The SMILES string of the molecule is CCOc1ccn(C2=CCC(F)C=C2)c(=O)c1C(=O)Nc1ccc(OC(CS)C2=C3OCCOC3C(OCCCN3CCC(C)(N)CC3)C=C2N)c(F)c1. The van der Waals surface area contributed by atoms with E-state index < -0.39 is 41.8 Å². The molecule has 15 heteroatoms. The van der Waals surface area contributed by atoms with Crippen molar-refractivity contribution >= 4 is 29.9 Å². The third kappa shape index (κ3) is 9.20. The van der Waals surface area contributed by atoms with Crippen molar-refractivity contribution in [3.63, 3.8) is 0 Å². The number of aromatic nitrogens is 1. The molecule has 1 aromatic carbocycles. The normalized spacial score (nSPS) is 23.1. The van der Waals surface area contributed by atoms with Gasteiger partial charge in [0.15, 0.2) is 11.6 Å². The van der Waals surface area contributed by atoms with Crippen LogP contribution < -0.4 is 31.8 Å². The second kappa shape index (κ2) is 17.5. The van der Waals surface area contributed by atoms with Gasteiger partial charge in [-0.15, -0.1) is 0 Å². The summed E-state index contributed by atoms with van der Waals surface area (Å²) in [4.78, 5) is 29.4. The van der Waals surface area contributed by atoms with Crippen LogP contribution in [0.4, 0.5) is 14.5 Å². The number of carbonyl (C=O) groups excluding carboxylic acids is 1. The summed E-state index contributed by atoms with van der Waals surface area (Å²) in [5.41, 5.74) is 13.2. The first kappa shape index (κ1) is 39.5. The van der Waals surface area contributed by atoms with Gasteiger partial charge in [0, 0.05) is 60.2 Å². The van der Waals surface area contributed by atoms with Gasteiger partial charge < -0.3 is 45.4 Å². The van der Waals surface area contributed by atoms with E-state index in [1.807, 2.05) is 0 Å². The van der Waals surface area contributed by atoms with Crippen LogP contribution in [-0.2, 0) is 14.2 Å². The quantitative estimate of drug-likeness (QED) is 0.159. The first-order valence-corrected chi connectivity index (χ1v) is 19.0. The Morgan fingerprint density at radius 2 is 2.00 bits per heavy atom. The van der Waals surface area contributed by atoms with Crippen LogP contribution in [0.15, 0.2) is 76.6 Å². The standard InChI is InChI=1S/C39H49F2N5O7S/c1-3-49-30-11-15-46(26-8-5-24(40)6-9-26)38(48)34(30)37(47)44-25-7-10-29(27(41)21-25)53-32(23-54)33-28(42)22-31(35-36(33)52-20-19-51-35)50-18-4-14-45-16-12-39(2,43)13-17-45/h5,7-11,15,21-22,24,31-32,35,54H,3-4,6,12-14,16-20,23,42-43H2,1-2H3,(H,44,47). The smallest absolute Gasteiger partial charge is 0.271 e. The predicted octanol–water partition coefficient (Wildman–Crippen LogP) is 4.57. The summed E-state index contributed by atoms with van der Waals surface area (Å²) < 4.78 is 60.7. The minimum atomic E-state index is -1.15. The molecule has 5 N–H and O–H groups in total. The Hall–Kier alpha value is -4.15. The Bertz CT molecular complexity index is 1870. The Morgan fingerprint density at radius 1 is 1.20 bits per heavy atom. The van der Waals surface area contributed by atoms with Gasteiger partial charge in [-0.3, -0.25) is 14.2 Å². The summed E-state index contributed by atoms with van der Waals surface area (Å²) in [7, 11) is 0. The number of ether oxygens (including phenoxy) is 5. The van der Waals surface area contributed by atoms with Crippen molar-refractivity contribution in [2.75, 3.05) is 57.1 Å². The van der Waals surface area contributed by atoms with Gasteiger partial charge in [-0.05, 0) is 82.6 Å².